The van der Waals surface area contributed by atoms with Crippen molar-refractivity contribution in [3.8, 4) is 0 Å². The highest BCUT2D eigenvalue weighted by atomic mass is 79.9. The molecule has 1 heterocycles. The van der Waals surface area contributed by atoms with Crippen LogP contribution >= 0.6 is 27.7 Å². The summed E-state index contributed by atoms with van der Waals surface area (Å²) < 4.78 is 0.926. The molecule has 1 N–H and O–H groups in total. The van der Waals surface area contributed by atoms with Crippen LogP contribution in [0.3, 0.4) is 0 Å². The number of aromatic nitrogens is 2. The van der Waals surface area contributed by atoms with E-state index in [1.807, 2.05) is 52.0 Å². The number of nitrogens with one attached hydrogen (secondary N) is 1. The molecule has 1 atom stereocenters. The predicted octanol–water partition coefficient (Wildman–Crippen LogP) is 5.56. The number of benzene rings is 1. The number of H-pyrrole nitrogens is 1. The molecule has 0 amide bonds. The molecule has 0 aliphatic rings. The van der Waals surface area contributed by atoms with Crippen LogP contribution in [0.5, 0.6) is 0 Å². The summed E-state index contributed by atoms with van der Waals surface area (Å²) in [4.78, 5) is 23.1. The third-order valence-corrected chi connectivity index (χ3v) is 4.92. The standard InChI is InChI=1S/C17H20BrN5OS/c1-9(2)13-15(20-17(21-16(13)24)25-10(3)4)14(22-23-19)11-5-7-12(18)8-6-11/h5-10,14H,1-4H3,(H,20,21,24). The van der Waals surface area contributed by atoms with Gasteiger partial charge in [-0.3, -0.25) is 4.79 Å². The van der Waals surface area contributed by atoms with Gasteiger partial charge in [0.2, 0.25) is 0 Å². The quantitative estimate of drug-likeness (QED) is 0.217. The predicted molar refractivity (Wildman–Crippen MR) is 105 cm³/mol. The first-order valence-electron chi connectivity index (χ1n) is 7.94. The van der Waals surface area contributed by atoms with Crippen molar-refractivity contribution in [1.29, 1.82) is 0 Å². The minimum Gasteiger partial charge on any atom is -0.301 e. The molecule has 0 fully saturated rings. The Morgan fingerprint density at radius 1 is 1.24 bits per heavy atom. The van der Waals surface area contributed by atoms with Crippen molar-refractivity contribution < 1.29 is 0 Å². The number of rotatable bonds is 6. The molecule has 0 spiro atoms. The average Bonchev–Trinajstić information content (AvgIpc) is 2.52. The molecule has 1 unspecified atom stereocenters. The van der Waals surface area contributed by atoms with Gasteiger partial charge in [-0.15, -0.1) is 0 Å². The van der Waals surface area contributed by atoms with Crippen LogP contribution < -0.4 is 5.56 Å². The third-order valence-electron chi connectivity index (χ3n) is 3.50. The van der Waals surface area contributed by atoms with Crippen LogP contribution in [-0.4, -0.2) is 15.2 Å². The van der Waals surface area contributed by atoms with E-state index in [4.69, 9.17) is 5.53 Å². The number of thioether (sulfide) groups is 1. The van der Waals surface area contributed by atoms with Gasteiger partial charge in [0, 0.05) is 20.2 Å². The van der Waals surface area contributed by atoms with Gasteiger partial charge in [-0.2, -0.15) is 0 Å². The molecule has 2 rings (SSSR count). The lowest BCUT2D eigenvalue weighted by Gasteiger charge is -2.18. The van der Waals surface area contributed by atoms with Crippen molar-refractivity contribution in [2.24, 2.45) is 5.11 Å². The summed E-state index contributed by atoms with van der Waals surface area (Å²) in [6, 6.07) is 6.84. The highest BCUT2D eigenvalue weighted by Gasteiger charge is 2.23. The Balaban J connectivity index is 2.69. The van der Waals surface area contributed by atoms with E-state index in [1.54, 1.807) is 0 Å². The average molecular weight is 422 g/mol. The molecule has 2 aromatic rings. The van der Waals surface area contributed by atoms with E-state index in [0.717, 1.165) is 10.0 Å². The van der Waals surface area contributed by atoms with Crippen molar-refractivity contribution >= 4 is 27.7 Å². The van der Waals surface area contributed by atoms with E-state index in [1.165, 1.54) is 11.8 Å². The summed E-state index contributed by atoms with van der Waals surface area (Å²) in [6.45, 7) is 7.92. The molecule has 25 heavy (non-hydrogen) atoms. The van der Waals surface area contributed by atoms with Gasteiger partial charge in [0.25, 0.3) is 5.56 Å². The molecule has 0 bridgehead atoms. The fourth-order valence-electron chi connectivity index (χ4n) is 2.50. The lowest BCUT2D eigenvalue weighted by Crippen LogP contribution is -2.22. The number of azide groups is 1. The van der Waals surface area contributed by atoms with Crippen molar-refractivity contribution in [3.05, 3.63) is 66.4 Å². The number of nitrogens with zero attached hydrogens (tertiary/aromatic N) is 4. The van der Waals surface area contributed by atoms with Gasteiger partial charge in [0.1, 0.15) is 6.04 Å². The summed E-state index contributed by atoms with van der Waals surface area (Å²) >= 11 is 4.87. The molecular formula is C17H20BrN5OS. The Morgan fingerprint density at radius 2 is 1.88 bits per heavy atom. The minimum atomic E-state index is -0.649. The Morgan fingerprint density at radius 3 is 2.40 bits per heavy atom. The molecule has 8 heteroatoms. The zero-order valence-corrected chi connectivity index (χ0v) is 16.9. The largest absolute Gasteiger partial charge is 0.301 e. The minimum absolute atomic E-state index is 0.0452. The summed E-state index contributed by atoms with van der Waals surface area (Å²) in [5.74, 6) is -0.0452. The van der Waals surface area contributed by atoms with Gasteiger partial charge in [-0.25, -0.2) is 4.98 Å². The van der Waals surface area contributed by atoms with E-state index in [-0.39, 0.29) is 16.7 Å². The summed E-state index contributed by atoms with van der Waals surface area (Å²) in [5.41, 5.74) is 10.7. The molecule has 1 aromatic carbocycles. The van der Waals surface area contributed by atoms with E-state index in [2.05, 4.69) is 35.9 Å². The lowest BCUT2D eigenvalue weighted by molar-refractivity contribution is 0.706. The Hall–Kier alpha value is -1.76. The molecule has 0 aliphatic heterocycles. The van der Waals surface area contributed by atoms with Crippen molar-refractivity contribution in [1.82, 2.24) is 9.97 Å². The van der Waals surface area contributed by atoms with Gasteiger partial charge in [-0.05, 0) is 29.1 Å². The van der Waals surface area contributed by atoms with Crippen molar-refractivity contribution in [3.63, 3.8) is 0 Å². The molecule has 6 nitrogen and oxygen atoms in total. The first-order chi connectivity index (χ1) is 11.8. The lowest BCUT2D eigenvalue weighted by atomic mass is 9.95. The van der Waals surface area contributed by atoms with Crippen molar-refractivity contribution in [2.75, 3.05) is 0 Å². The maximum atomic E-state index is 12.6. The van der Waals surface area contributed by atoms with E-state index in [0.29, 0.717) is 16.4 Å². The smallest absolute Gasteiger partial charge is 0.255 e. The van der Waals surface area contributed by atoms with Gasteiger partial charge in [-0.1, -0.05) is 72.6 Å². The van der Waals surface area contributed by atoms with Crippen LogP contribution in [-0.2, 0) is 0 Å². The van der Waals surface area contributed by atoms with Crippen LogP contribution in [0, 0.1) is 0 Å². The highest BCUT2D eigenvalue weighted by molar-refractivity contribution is 9.10. The van der Waals surface area contributed by atoms with Crippen LogP contribution in [0.4, 0.5) is 0 Å². The SMILES string of the molecule is CC(C)Sc1nc(C(N=[N+]=[N-])c2ccc(Br)cc2)c(C(C)C)c(=O)[nH]1. The van der Waals surface area contributed by atoms with Crippen LogP contribution in [0.2, 0.25) is 0 Å². The Labute approximate surface area is 159 Å². The second-order valence-corrected chi connectivity index (χ2v) is 8.63. The van der Waals surface area contributed by atoms with Gasteiger partial charge in [0.15, 0.2) is 5.16 Å². The molecule has 0 saturated heterocycles. The summed E-state index contributed by atoms with van der Waals surface area (Å²) in [5, 5.41) is 4.75. The zero-order chi connectivity index (χ0) is 18.6. The first-order valence-corrected chi connectivity index (χ1v) is 9.61. The molecule has 0 aliphatic carbocycles. The zero-order valence-electron chi connectivity index (χ0n) is 14.5. The highest BCUT2D eigenvalue weighted by Crippen LogP contribution is 2.31. The van der Waals surface area contributed by atoms with E-state index < -0.39 is 6.04 Å². The van der Waals surface area contributed by atoms with Crippen LogP contribution in [0.15, 0.2) is 43.8 Å². The number of hydrogen-bond acceptors (Lipinski definition) is 4. The molecular weight excluding hydrogens is 402 g/mol. The monoisotopic (exact) mass is 421 g/mol. The van der Waals surface area contributed by atoms with Crippen LogP contribution in [0.25, 0.3) is 10.4 Å². The second kappa shape index (κ2) is 8.56. The fourth-order valence-corrected chi connectivity index (χ4v) is 3.51. The van der Waals surface area contributed by atoms with Gasteiger partial charge >= 0.3 is 0 Å². The molecule has 0 saturated carbocycles. The van der Waals surface area contributed by atoms with E-state index >= 15 is 0 Å². The maximum absolute atomic E-state index is 12.6. The number of hydrogen-bond donors (Lipinski definition) is 1. The van der Waals surface area contributed by atoms with Crippen LogP contribution in [0.1, 0.15) is 56.5 Å². The molecule has 132 valence electrons. The fraction of sp³-hybridized carbons (Fsp3) is 0.412. The first kappa shape index (κ1) is 19.6. The Bertz CT molecular complexity index is 841. The number of aromatic amines is 1. The summed E-state index contributed by atoms with van der Waals surface area (Å²) in [6.07, 6.45) is 0. The maximum Gasteiger partial charge on any atom is 0.255 e. The molecule has 0 radical (unpaired) electrons. The van der Waals surface area contributed by atoms with Crippen molar-refractivity contribution in [2.45, 2.75) is 50.1 Å². The van der Waals surface area contributed by atoms with Gasteiger partial charge < -0.3 is 4.98 Å². The normalized spacial score (nSPS) is 12.3. The Kier molecular flexibility index (Phi) is 6.70. The van der Waals surface area contributed by atoms with Gasteiger partial charge in [0.05, 0.1) is 5.69 Å². The second-order valence-electron chi connectivity index (χ2n) is 6.15. The third kappa shape index (κ3) is 4.87. The summed E-state index contributed by atoms with van der Waals surface area (Å²) in [7, 11) is 0. The topological polar surface area (TPSA) is 94.5 Å². The van der Waals surface area contributed by atoms with E-state index in [9.17, 15) is 4.79 Å². The molecule has 1 aromatic heterocycles. The number of halogens is 1.